The second kappa shape index (κ2) is 14.3. The smallest absolute Gasteiger partial charge is 0.155 e. The Bertz CT molecular complexity index is 2180. The molecule has 0 spiro atoms. The van der Waals surface area contributed by atoms with Crippen LogP contribution in [0.5, 0.6) is 11.5 Å². The maximum atomic E-state index is 6.66. The number of nitrogens with one attached hydrogen (secondary N) is 1. The summed E-state index contributed by atoms with van der Waals surface area (Å²) in [6.45, 7) is 10.9. The molecule has 0 atom stereocenters. The summed E-state index contributed by atoms with van der Waals surface area (Å²) in [7, 11) is 1.67. The van der Waals surface area contributed by atoms with Gasteiger partial charge in [0.1, 0.15) is 28.4 Å². The molecule has 1 aliphatic heterocycles. The zero-order valence-corrected chi connectivity index (χ0v) is 30.0. The molecule has 0 fully saturated rings. The van der Waals surface area contributed by atoms with Gasteiger partial charge >= 0.3 is 0 Å². The summed E-state index contributed by atoms with van der Waals surface area (Å²) in [4.78, 5) is 8.84. The summed E-state index contributed by atoms with van der Waals surface area (Å²) in [6.07, 6.45) is 9.12. The van der Waals surface area contributed by atoms with Crippen molar-refractivity contribution in [2.24, 2.45) is 4.99 Å². The number of rotatable bonds is 13. The van der Waals surface area contributed by atoms with Crippen molar-refractivity contribution in [1.29, 1.82) is 0 Å². The maximum absolute atomic E-state index is 6.66. The zero-order chi connectivity index (χ0) is 34.8. The molecule has 0 aliphatic carbocycles. The fourth-order valence-electron chi connectivity index (χ4n) is 6.92. The van der Waals surface area contributed by atoms with Gasteiger partial charge in [-0.2, -0.15) is 0 Å². The van der Waals surface area contributed by atoms with Crippen LogP contribution in [0, 0.1) is 20.8 Å². The van der Waals surface area contributed by atoms with E-state index >= 15 is 0 Å². The Labute approximate surface area is 294 Å². The number of aromatic amines is 1. The number of unbranched alkanes of at least 4 members (excludes halogenated alkanes) is 2. The molecule has 1 aliphatic rings. The van der Waals surface area contributed by atoms with Crippen LogP contribution in [-0.2, 0) is 0 Å². The lowest BCUT2D eigenvalue weighted by molar-refractivity contribution is 0.174. The van der Waals surface area contributed by atoms with E-state index in [0.29, 0.717) is 0 Å². The minimum Gasteiger partial charge on any atom is -0.497 e. The van der Waals surface area contributed by atoms with Gasteiger partial charge in [0.2, 0.25) is 0 Å². The number of fused-ring (bicyclic) bond motifs is 2. The van der Waals surface area contributed by atoms with Gasteiger partial charge in [0.05, 0.1) is 30.1 Å². The number of aromatic nitrogens is 1. The van der Waals surface area contributed by atoms with E-state index in [4.69, 9.17) is 23.3 Å². The number of allylic oxidation sites excluding steroid dienone is 1. The molecule has 0 unspecified atom stereocenters. The highest BCUT2D eigenvalue weighted by Gasteiger charge is 2.23. The van der Waals surface area contributed by atoms with E-state index in [9.17, 15) is 0 Å². The molecule has 0 saturated carbocycles. The molecule has 6 aromatic rings. The van der Waals surface area contributed by atoms with E-state index in [1.165, 1.54) is 31.2 Å². The van der Waals surface area contributed by atoms with Crippen LogP contribution < -0.4 is 20.2 Å². The first kappa shape index (κ1) is 33.3. The number of hydrogen-bond donors (Lipinski definition) is 1. The quantitative estimate of drug-likeness (QED) is 0.133. The average molecular weight is 667 g/mol. The lowest BCUT2D eigenvalue weighted by atomic mass is 9.91. The predicted octanol–water partition coefficient (Wildman–Crippen LogP) is 10.6. The largest absolute Gasteiger partial charge is 0.497 e. The molecule has 4 heterocycles. The van der Waals surface area contributed by atoms with E-state index in [1.807, 2.05) is 36.4 Å². The molecule has 256 valence electrons. The molecular formula is C44H46N2O4. The third kappa shape index (κ3) is 6.80. The molecular weight excluding hydrogens is 620 g/mol. The molecule has 6 heteroatoms. The number of benzene rings is 3. The molecule has 0 radical (unpaired) electrons. The van der Waals surface area contributed by atoms with Crippen molar-refractivity contribution in [3.63, 3.8) is 0 Å². The summed E-state index contributed by atoms with van der Waals surface area (Å²) in [5.41, 5.74) is 11.9. The first-order valence-electron chi connectivity index (χ1n) is 17.9. The van der Waals surface area contributed by atoms with Crippen molar-refractivity contribution in [3.8, 4) is 34.1 Å². The Hall–Kier alpha value is -5.23. The highest BCUT2D eigenvalue weighted by Crippen LogP contribution is 2.38. The van der Waals surface area contributed by atoms with Crippen molar-refractivity contribution in [2.45, 2.75) is 79.2 Å². The van der Waals surface area contributed by atoms with Crippen molar-refractivity contribution < 1.29 is 18.3 Å². The summed E-state index contributed by atoms with van der Waals surface area (Å²) in [5.74, 6) is 3.34. The average Bonchev–Trinajstić information content (AvgIpc) is 3.88. The second-order valence-electron chi connectivity index (χ2n) is 13.5. The van der Waals surface area contributed by atoms with Crippen molar-refractivity contribution in [2.75, 3.05) is 7.11 Å². The van der Waals surface area contributed by atoms with Crippen molar-refractivity contribution in [1.82, 2.24) is 4.98 Å². The first-order chi connectivity index (χ1) is 24.3. The van der Waals surface area contributed by atoms with Gasteiger partial charge in [0.15, 0.2) is 11.0 Å². The third-order valence-electron chi connectivity index (χ3n) is 9.61. The predicted molar refractivity (Wildman–Crippen MR) is 202 cm³/mol. The summed E-state index contributed by atoms with van der Waals surface area (Å²) < 4.78 is 24.8. The number of nitrogens with zero attached hydrogens (tertiary/aromatic N) is 1. The standard InChI is InChI=1S/C44H46N2O4/c1-7-9-11-33(12-10-8-2)48-34-21-28(4)43(29(5)22-34)44(37-25-41-35(45-37)23-39(49-41)30-15-13-27(3)14-16-30)38-26-42-36(46-38)24-40(50-42)31-17-19-32(47-6)20-18-31/h13-26,33,45H,7-12H2,1-6H3/b44-38+. The van der Waals surface area contributed by atoms with Gasteiger partial charge in [0, 0.05) is 41.0 Å². The number of methoxy groups -OCH3 is 1. The van der Waals surface area contributed by atoms with Gasteiger partial charge < -0.3 is 23.3 Å². The fraction of sp³-hybridized carbons (Fsp3) is 0.295. The molecule has 6 nitrogen and oxygen atoms in total. The first-order valence-corrected chi connectivity index (χ1v) is 17.9. The maximum Gasteiger partial charge on any atom is 0.155 e. The van der Waals surface area contributed by atoms with E-state index in [0.717, 1.165) is 103 Å². The number of H-pyrrole nitrogens is 1. The lowest BCUT2D eigenvalue weighted by Crippen LogP contribution is -2.17. The minimum absolute atomic E-state index is 0.226. The van der Waals surface area contributed by atoms with E-state index in [1.54, 1.807) is 7.11 Å². The van der Waals surface area contributed by atoms with E-state index in [-0.39, 0.29) is 6.10 Å². The van der Waals surface area contributed by atoms with Crippen LogP contribution in [0.25, 0.3) is 45.4 Å². The van der Waals surface area contributed by atoms with E-state index in [2.05, 4.69) is 88.1 Å². The fourth-order valence-corrected chi connectivity index (χ4v) is 6.92. The summed E-state index contributed by atoms with van der Waals surface area (Å²) in [5, 5.41) is 0.810. The molecule has 0 amide bonds. The highest BCUT2D eigenvalue weighted by molar-refractivity contribution is 5.93. The Morgan fingerprint density at radius 3 is 2.00 bits per heavy atom. The number of furan rings is 2. The third-order valence-corrected chi connectivity index (χ3v) is 9.61. The van der Waals surface area contributed by atoms with Crippen molar-refractivity contribution >= 4 is 22.7 Å². The second-order valence-corrected chi connectivity index (χ2v) is 13.5. The van der Waals surface area contributed by atoms with Crippen LogP contribution >= 0.6 is 0 Å². The monoisotopic (exact) mass is 666 g/mol. The Kier molecular flexibility index (Phi) is 9.53. The van der Waals surface area contributed by atoms with Gasteiger partial charge in [0.25, 0.3) is 0 Å². The van der Waals surface area contributed by atoms with Gasteiger partial charge in [-0.05, 0) is 86.7 Å². The molecule has 7 rings (SSSR count). The van der Waals surface area contributed by atoms with Gasteiger partial charge in [-0.25, -0.2) is 4.99 Å². The van der Waals surface area contributed by atoms with Crippen LogP contribution in [-0.4, -0.2) is 18.2 Å². The Morgan fingerprint density at radius 1 is 0.760 bits per heavy atom. The SMILES string of the molecule is CCCCC(CCCC)Oc1cc(C)c(/C(=C2\C=c3oc(-c4ccc(OC)cc4)cc3=N2)c2cc3oc(-c4ccc(C)cc4)cc3[nH]2)c(C)c1. The lowest BCUT2D eigenvalue weighted by Gasteiger charge is -2.22. The number of ether oxygens (including phenoxy) is 2. The van der Waals surface area contributed by atoms with Gasteiger partial charge in [-0.1, -0.05) is 69.4 Å². The number of hydrogen-bond acceptors (Lipinski definition) is 5. The number of aryl methyl sites for hydroxylation is 3. The van der Waals surface area contributed by atoms with Gasteiger partial charge in [-0.15, -0.1) is 0 Å². The molecule has 50 heavy (non-hydrogen) atoms. The molecule has 0 saturated heterocycles. The molecule has 1 N–H and O–H groups in total. The van der Waals surface area contributed by atoms with Crippen LogP contribution in [0.1, 0.15) is 80.3 Å². The molecule has 0 bridgehead atoms. The summed E-state index contributed by atoms with van der Waals surface area (Å²) >= 11 is 0. The minimum atomic E-state index is 0.226. The van der Waals surface area contributed by atoms with Crippen LogP contribution in [0.3, 0.4) is 0 Å². The normalized spacial score (nSPS) is 13.4. The highest BCUT2D eigenvalue weighted by atomic mass is 16.5. The van der Waals surface area contributed by atoms with E-state index < -0.39 is 0 Å². The van der Waals surface area contributed by atoms with Crippen LogP contribution in [0.15, 0.2) is 98.4 Å². The molecule has 3 aromatic heterocycles. The topological polar surface area (TPSA) is 72.9 Å². The molecule has 3 aromatic carbocycles. The van der Waals surface area contributed by atoms with Crippen molar-refractivity contribution in [3.05, 3.63) is 123 Å². The summed E-state index contributed by atoms with van der Waals surface area (Å²) in [6, 6.07) is 26.8. The Morgan fingerprint density at radius 2 is 1.40 bits per heavy atom. The Balaban J connectivity index is 1.31. The van der Waals surface area contributed by atoms with Gasteiger partial charge in [-0.3, -0.25) is 0 Å². The van der Waals surface area contributed by atoms with Crippen LogP contribution in [0.2, 0.25) is 0 Å². The van der Waals surface area contributed by atoms with Crippen LogP contribution in [0.4, 0.5) is 0 Å². The zero-order valence-electron chi connectivity index (χ0n) is 30.0.